The molecule has 2 heterocycles. The maximum Gasteiger partial charge on any atom is 0.303 e. The Bertz CT molecular complexity index is 582. The van der Waals surface area contributed by atoms with Gasteiger partial charge in [0.15, 0.2) is 5.82 Å². The summed E-state index contributed by atoms with van der Waals surface area (Å²) >= 11 is 0. The summed E-state index contributed by atoms with van der Waals surface area (Å²) in [6.45, 7) is 0.746. The molecular weight excluding hydrogens is 310 g/mol. The topological polar surface area (TPSA) is 96.5 Å². The number of amides is 1. The monoisotopic (exact) mass is 335 g/mol. The highest BCUT2D eigenvalue weighted by Crippen LogP contribution is 2.38. The van der Waals surface area contributed by atoms with Gasteiger partial charge in [-0.2, -0.15) is 4.98 Å². The lowest BCUT2D eigenvalue weighted by Crippen LogP contribution is -2.43. The first-order chi connectivity index (χ1) is 11.6. The van der Waals surface area contributed by atoms with Crippen molar-refractivity contribution in [2.75, 3.05) is 6.54 Å². The van der Waals surface area contributed by atoms with Crippen molar-refractivity contribution in [2.45, 2.75) is 76.2 Å². The molecule has 1 amide bonds. The largest absolute Gasteiger partial charge is 0.481 e. The molecule has 1 atom stereocenters. The molecule has 1 unspecified atom stereocenters. The third-order valence-electron chi connectivity index (χ3n) is 4.85. The van der Waals surface area contributed by atoms with Gasteiger partial charge in [0.05, 0.1) is 0 Å². The van der Waals surface area contributed by atoms with Gasteiger partial charge in [0, 0.05) is 37.8 Å². The SMILES string of the molecule is O=C(O)CCC1CCCCN1C(=O)CCCc1nc(C2CC2)no1. The molecule has 7 nitrogen and oxygen atoms in total. The molecule has 132 valence electrons. The van der Waals surface area contributed by atoms with E-state index in [1.54, 1.807) is 0 Å². The lowest BCUT2D eigenvalue weighted by atomic mass is 9.97. The zero-order chi connectivity index (χ0) is 16.9. The Morgan fingerprint density at radius 3 is 2.79 bits per heavy atom. The second-order valence-electron chi connectivity index (χ2n) is 6.84. The number of hydrogen-bond acceptors (Lipinski definition) is 5. The van der Waals surface area contributed by atoms with Crippen molar-refractivity contribution in [2.24, 2.45) is 0 Å². The molecule has 1 aromatic rings. The molecule has 0 bridgehead atoms. The van der Waals surface area contributed by atoms with Crippen molar-refractivity contribution in [1.29, 1.82) is 0 Å². The van der Waals surface area contributed by atoms with Gasteiger partial charge in [-0.3, -0.25) is 9.59 Å². The van der Waals surface area contributed by atoms with E-state index < -0.39 is 5.97 Å². The Labute approximate surface area is 141 Å². The van der Waals surface area contributed by atoms with Crippen LogP contribution in [0.25, 0.3) is 0 Å². The lowest BCUT2D eigenvalue weighted by molar-refractivity contribution is -0.140. The van der Waals surface area contributed by atoms with Crippen LogP contribution in [0.15, 0.2) is 4.52 Å². The van der Waals surface area contributed by atoms with Gasteiger partial charge in [0.2, 0.25) is 11.8 Å². The van der Waals surface area contributed by atoms with E-state index in [4.69, 9.17) is 9.63 Å². The average molecular weight is 335 g/mol. The summed E-state index contributed by atoms with van der Waals surface area (Å²) in [7, 11) is 0. The summed E-state index contributed by atoms with van der Waals surface area (Å²) in [6, 6.07) is 0.0761. The first-order valence-electron chi connectivity index (χ1n) is 8.97. The molecule has 1 saturated carbocycles. The molecule has 2 fully saturated rings. The Kier molecular flexibility index (Phi) is 5.48. The fourth-order valence-corrected chi connectivity index (χ4v) is 3.33. The summed E-state index contributed by atoms with van der Waals surface area (Å²) in [6.07, 6.45) is 7.71. The van der Waals surface area contributed by atoms with Gasteiger partial charge in [0.25, 0.3) is 0 Å². The van der Waals surface area contributed by atoms with E-state index in [1.165, 1.54) is 0 Å². The van der Waals surface area contributed by atoms with E-state index in [0.29, 0.717) is 37.5 Å². The van der Waals surface area contributed by atoms with E-state index in [-0.39, 0.29) is 18.4 Å². The molecule has 24 heavy (non-hydrogen) atoms. The Balaban J connectivity index is 1.44. The van der Waals surface area contributed by atoms with Crippen molar-refractivity contribution < 1.29 is 19.2 Å². The number of aromatic nitrogens is 2. The Morgan fingerprint density at radius 1 is 1.21 bits per heavy atom. The van der Waals surface area contributed by atoms with Crippen LogP contribution >= 0.6 is 0 Å². The molecule has 1 aliphatic carbocycles. The molecule has 2 aliphatic rings. The fraction of sp³-hybridized carbons (Fsp3) is 0.765. The third kappa shape index (κ3) is 4.55. The number of likely N-dealkylation sites (tertiary alicyclic amines) is 1. The minimum atomic E-state index is -0.796. The third-order valence-corrected chi connectivity index (χ3v) is 4.85. The molecule has 3 rings (SSSR count). The van der Waals surface area contributed by atoms with Crippen molar-refractivity contribution in [3.8, 4) is 0 Å². The summed E-state index contributed by atoms with van der Waals surface area (Å²) < 4.78 is 5.23. The van der Waals surface area contributed by atoms with Crippen LogP contribution in [-0.2, 0) is 16.0 Å². The molecule has 7 heteroatoms. The van der Waals surface area contributed by atoms with E-state index in [9.17, 15) is 9.59 Å². The number of carboxylic acids is 1. The number of piperidine rings is 1. The number of hydrogen-bond donors (Lipinski definition) is 1. The highest BCUT2D eigenvalue weighted by atomic mass is 16.5. The van der Waals surface area contributed by atoms with E-state index >= 15 is 0 Å². The molecule has 1 saturated heterocycles. The predicted octanol–water partition coefficient (Wildman–Crippen LogP) is 2.52. The fourth-order valence-electron chi connectivity index (χ4n) is 3.33. The van der Waals surface area contributed by atoms with Crippen LogP contribution in [0.4, 0.5) is 0 Å². The molecule has 1 aliphatic heterocycles. The zero-order valence-corrected chi connectivity index (χ0v) is 13.9. The second-order valence-corrected chi connectivity index (χ2v) is 6.84. The van der Waals surface area contributed by atoms with Gasteiger partial charge < -0.3 is 14.5 Å². The van der Waals surface area contributed by atoms with Crippen LogP contribution in [0, 0.1) is 0 Å². The van der Waals surface area contributed by atoms with E-state index in [2.05, 4.69) is 10.1 Å². The molecule has 0 spiro atoms. The van der Waals surface area contributed by atoms with Crippen molar-refractivity contribution in [1.82, 2.24) is 15.0 Å². The minimum absolute atomic E-state index is 0.0761. The number of carbonyl (C=O) groups excluding carboxylic acids is 1. The summed E-state index contributed by atoms with van der Waals surface area (Å²) in [5, 5.41) is 12.8. The number of rotatable bonds is 8. The van der Waals surface area contributed by atoms with Crippen LogP contribution in [0.1, 0.15) is 75.4 Å². The van der Waals surface area contributed by atoms with Gasteiger partial charge in [-0.1, -0.05) is 5.16 Å². The first kappa shape index (κ1) is 16.9. The standard InChI is InChI=1S/C17H25N3O4/c21-15(20-11-2-1-4-13(20)9-10-16(22)23)6-3-5-14-18-17(19-24-14)12-7-8-12/h12-13H,1-11H2,(H,22,23). The number of nitrogens with zero attached hydrogens (tertiary/aromatic N) is 3. The second kappa shape index (κ2) is 7.77. The van der Waals surface area contributed by atoms with Gasteiger partial charge in [0.1, 0.15) is 0 Å². The normalized spacial score (nSPS) is 21.0. The molecular formula is C17H25N3O4. The van der Waals surface area contributed by atoms with Crippen LogP contribution in [-0.4, -0.2) is 44.6 Å². The van der Waals surface area contributed by atoms with Gasteiger partial charge >= 0.3 is 5.97 Å². The highest BCUT2D eigenvalue weighted by Gasteiger charge is 2.29. The quantitative estimate of drug-likeness (QED) is 0.784. The summed E-state index contributed by atoms with van der Waals surface area (Å²) in [4.78, 5) is 29.5. The van der Waals surface area contributed by atoms with Gasteiger partial charge in [-0.25, -0.2) is 0 Å². The Morgan fingerprint density at radius 2 is 2.04 bits per heavy atom. The Hall–Kier alpha value is -1.92. The van der Waals surface area contributed by atoms with Crippen molar-refractivity contribution in [3.05, 3.63) is 11.7 Å². The van der Waals surface area contributed by atoms with Gasteiger partial charge in [-0.05, 0) is 44.9 Å². The van der Waals surface area contributed by atoms with E-state index in [0.717, 1.165) is 44.5 Å². The lowest BCUT2D eigenvalue weighted by Gasteiger charge is -2.35. The van der Waals surface area contributed by atoms with Crippen LogP contribution in [0.3, 0.4) is 0 Å². The maximum atomic E-state index is 12.5. The number of carboxylic acid groups (broad SMARTS) is 1. The van der Waals surface area contributed by atoms with E-state index in [1.807, 2.05) is 4.90 Å². The number of aryl methyl sites for hydroxylation is 1. The smallest absolute Gasteiger partial charge is 0.303 e. The highest BCUT2D eigenvalue weighted by molar-refractivity contribution is 5.76. The number of aliphatic carboxylic acids is 1. The van der Waals surface area contributed by atoms with Crippen molar-refractivity contribution in [3.63, 3.8) is 0 Å². The van der Waals surface area contributed by atoms with Gasteiger partial charge in [-0.15, -0.1) is 0 Å². The summed E-state index contributed by atoms with van der Waals surface area (Å²) in [5.74, 6) is 1.22. The predicted molar refractivity (Wildman–Crippen MR) is 85.4 cm³/mol. The van der Waals surface area contributed by atoms with Crippen LogP contribution < -0.4 is 0 Å². The zero-order valence-electron chi connectivity index (χ0n) is 13.9. The molecule has 1 N–H and O–H groups in total. The molecule has 1 aromatic heterocycles. The molecule has 0 aromatic carbocycles. The van der Waals surface area contributed by atoms with Crippen LogP contribution in [0.5, 0.6) is 0 Å². The average Bonchev–Trinajstić information content (AvgIpc) is 3.32. The summed E-state index contributed by atoms with van der Waals surface area (Å²) in [5.41, 5.74) is 0. The first-order valence-corrected chi connectivity index (χ1v) is 8.97. The molecule has 0 radical (unpaired) electrons. The van der Waals surface area contributed by atoms with Crippen molar-refractivity contribution >= 4 is 11.9 Å². The number of carbonyl (C=O) groups is 2. The maximum absolute atomic E-state index is 12.5. The minimum Gasteiger partial charge on any atom is -0.481 e. The van der Waals surface area contributed by atoms with Crippen LogP contribution in [0.2, 0.25) is 0 Å².